The molecule has 1 aromatic carbocycles. The van der Waals surface area contributed by atoms with Crippen LogP contribution in [0.5, 0.6) is 0 Å². The number of ether oxygens (including phenoxy) is 1. The van der Waals surface area contributed by atoms with Crippen LogP contribution in [0.15, 0.2) is 65.2 Å². The zero-order valence-electron chi connectivity index (χ0n) is 15.7. The smallest absolute Gasteiger partial charge is 0.355 e. The SMILES string of the molecule is CCOC(=O)c1csc(=NC(=O)c2c[nH]c3ncccc23)n1Cc1ccccc1. The number of hydrogen-bond acceptors (Lipinski definition) is 5. The Hall–Kier alpha value is -3.52. The molecule has 29 heavy (non-hydrogen) atoms. The predicted molar refractivity (Wildman–Crippen MR) is 110 cm³/mol. The van der Waals surface area contributed by atoms with Crippen molar-refractivity contribution in [2.45, 2.75) is 13.5 Å². The molecule has 146 valence electrons. The lowest BCUT2D eigenvalue weighted by Gasteiger charge is -2.08. The van der Waals surface area contributed by atoms with Crippen LogP contribution in [0.2, 0.25) is 0 Å². The second-order valence-corrected chi connectivity index (χ2v) is 7.05. The van der Waals surface area contributed by atoms with E-state index in [2.05, 4.69) is 15.0 Å². The number of carbonyl (C=O) groups is 2. The molecule has 0 unspecified atom stereocenters. The summed E-state index contributed by atoms with van der Waals surface area (Å²) in [5.41, 5.74) is 2.42. The Kier molecular flexibility index (Phi) is 5.35. The van der Waals surface area contributed by atoms with Crippen LogP contribution in [0.25, 0.3) is 11.0 Å². The van der Waals surface area contributed by atoms with Crippen LogP contribution in [-0.4, -0.2) is 33.0 Å². The quantitative estimate of drug-likeness (QED) is 0.515. The van der Waals surface area contributed by atoms with Gasteiger partial charge in [-0.05, 0) is 24.6 Å². The Morgan fingerprint density at radius 1 is 1.21 bits per heavy atom. The fourth-order valence-electron chi connectivity index (χ4n) is 2.99. The van der Waals surface area contributed by atoms with E-state index in [0.29, 0.717) is 33.6 Å². The monoisotopic (exact) mass is 406 g/mol. The molecule has 0 saturated carbocycles. The first-order valence-electron chi connectivity index (χ1n) is 9.08. The highest BCUT2D eigenvalue weighted by atomic mass is 32.1. The van der Waals surface area contributed by atoms with Crippen molar-refractivity contribution in [2.24, 2.45) is 4.99 Å². The van der Waals surface area contributed by atoms with Crippen LogP contribution in [-0.2, 0) is 11.3 Å². The molecule has 0 aliphatic heterocycles. The molecule has 0 aliphatic carbocycles. The highest BCUT2D eigenvalue weighted by Gasteiger charge is 2.17. The molecule has 4 rings (SSSR count). The van der Waals surface area contributed by atoms with E-state index in [-0.39, 0.29) is 6.61 Å². The average Bonchev–Trinajstić information content (AvgIpc) is 3.33. The fourth-order valence-corrected chi connectivity index (χ4v) is 3.85. The lowest BCUT2D eigenvalue weighted by atomic mass is 10.2. The van der Waals surface area contributed by atoms with E-state index in [1.165, 1.54) is 11.3 Å². The van der Waals surface area contributed by atoms with Gasteiger partial charge in [-0.25, -0.2) is 9.78 Å². The Morgan fingerprint density at radius 3 is 2.83 bits per heavy atom. The molecule has 0 radical (unpaired) electrons. The Balaban J connectivity index is 1.78. The van der Waals surface area contributed by atoms with E-state index in [1.54, 1.807) is 35.3 Å². The van der Waals surface area contributed by atoms with Gasteiger partial charge >= 0.3 is 5.97 Å². The molecular formula is C21H18N4O3S. The van der Waals surface area contributed by atoms with E-state index in [0.717, 1.165) is 5.56 Å². The summed E-state index contributed by atoms with van der Waals surface area (Å²) >= 11 is 1.23. The number of aromatic amines is 1. The molecule has 0 fully saturated rings. The first-order valence-corrected chi connectivity index (χ1v) is 9.96. The number of nitrogens with zero attached hydrogens (tertiary/aromatic N) is 3. The molecule has 1 amide bonds. The number of esters is 1. The van der Waals surface area contributed by atoms with Crippen molar-refractivity contribution in [2.75, 3.05) is 6.61 Å². The molecular weight excluding hydrogens is 388 g/mol. The summed E-state index contributed by atoms with van der Waals surface area (Å²) in [6, 6.07) is 13.3. The number of carbonyl (C=O) groups excluding carboxylic acids is 2. The Bertz CT molecular complexity index is 1240. The molecule has 0 atom stereocenters. The van der Waals surface area contributed by atoms with E-state index < -0.39 is 11.9 Å². The van der Waals surface area contributed by atoms with E-state index in [9.17, 15) is 9.59 Å². The van der Waals surface area contributed by atoms with Gasteiger partial charge in [-0.3, -0.25) is 4.79 Å². The molecule has 7 nitrogen and oxygen atoms in total. The van der Waals surface area contributed by atoms with Crippen molar-refractivity contribution in [1.29, 1.82) is 0 Å². The summed E-state index contributed by atoms with van der Waals surface area (Å²) in [6.07, 6.45) is 3.26. The van der Waals surface area contributed by atoms with Gasteiger partial charge in [-0.2, -0.15) is 4.99 Å². The van der Waals surface area contributed by atoms with Crippen LogP contribution in [0.3, 0.4) is 0 Å². The van der Waals surface area contributed by atoms with Crippen molar-refractivity contribution in [3.05, 3.63) is 81.9 Å². The second-order valence-electron chi connectivity index (χ2n) is 6.21. The number of nitrogens with one attached hydrogen (secondary N) is 1. The zero-order chi connectivity index (χ0) is 20.2. The summed E-state index contributed by atoms with van der Waals surface area (Å²) in [6.45, 7) is 2.43. The highest BCUT2D eigenvalue weighted by Crippen LogP contribution is 2.17. The lowest BCUT2D eigenvalue weighted by molar-refractivity contribution is 0.0513. The van der Waals surface area contributed by atoms with Gasteiger partial charge in [0.1, 0.15) is 11.3 Å². The molecule has 0 bridgehead atoms. The second kappa shape index (κ2) is 8.24. The van der Waals surface area contributed by atoms with Crippen molar-refractivity contribution < 1.29 is 14.3 Å². The van der Waals surface area contributed by atoms with E-state index in [4.69, 9.17) is 4.74 Å². The van der Waals surface area contributed by atoms with Crippen LogP contribution in [0, 0.1) is 0 Å². The van der Waals surface area contributed by atoms with Gasteiger partial charge in [0.25, 0.3) is 5.91 Å². The molecule has 1 N–H and O–H groups in total. The number of H-pyrrole nitrogens is 1. The topological polar surface area (TPSA) is 89.3 Å². The lowest BCUT2D eigenvalue weighted by Crippen LogP contribution is -2.23. The fraction of sp³-hybridized carbons (Fsp3) is 0.143. The van der Waals surface area contributed by atoms with Gasteiger partial charge in [-0.15, -0.1) is 11.3 Å². The predicted octanol–water partition coefficient (Wildman–Crippen LogP) is 3.39. The molecule has 0 spiro atoms. The maximum atomic E-state index is 12.9. The third-order valence-electron chi connectivity index (χ3n) is 4.34. The Labute approximate surface area is 170 Å². The minimum Gasteiger partial charge on any atom is -0.461 e. The minimum absolute atomic E-state index is 0.272. The third kappa shape index (κ3) is 3.88. The molecule has 0 saturated heterocycles. The molecule has 8 heteroatoms. The van der Waals surface area contributed by atoms with Crippen LogP contribution >= 0.6 is 11.3 Å². The first-order chi connectivity index (χ1) is 14.2. The average molecular weight is 406 g/mol. The van der Waals surface area contributed by atoms with Gasteiger partial charge in [0.15, 0.2) is 4.80 Å². The van der Waals surface area contributed by atoms with Crippen LogP contribution in [0.4, 0.5) is 0 Å². The number of pyridine rings is 1. The summed E-state index contributed by atoms with van der Waals surface area (Å²) in [5.74, 6) is -0.840. The minimum atomic E-state index is -0.440. The molecule has 3 aromatic heterocycles. The van der Waals surface area contributed by atoms with E-state index in [1.807, 2.05) is 36.4 Å². The number of benzene rings is 1. The number of fused-ring (bicyclic) bond motifs is 1. The summed E-state index contributed by atoms with van der Waals surface area (Å²) in [7, 11) is 0. The van der Waals surface area contributed by atoms with Crippen molar-refractivity contribution >= 4 is 34.2 Å². The van der Waals surface area contributed by atoms with Crippen molar-refractivity contribution in [1.82, 2.24) is 14.5 Å². The molecule has 0 aliphatic rings. The summed E-state index contributed by atoms with van der Waals surface area (Å²) in [5, 5.41) is 2.38. The van der Waals surface area contributed by atoms with Gasteiger partial charge in [-0.1, -0.05) is 30.3 Å². The van der Waals surface area contributed by atoms with Crippen LogP contribution < -0.4 is 4.80 Å². The van der Waals surface area contributed by atoms with Gasteiger partial charge in [0, 0.05) is 23.2 Å². The highest BCUT2D eigenvalue weighted by molar-refractivity contribution is 7.07. The maximum Gasteiger partial charge on any atom is 0.355 e. The standard InChI is InChI=1S/C21H18N4O3S/c1-2-28-20(27)17-13-29-21(25(17)12-14-7-4-3-5-8-14)24-19(26)16-11-23-18-15(16)9-6-10-22-18/h3-11,13H,2,12H2,1H3,(H,22,23). The summed E-state index contributed by atoms with van der Waals surface area (Å²) < 4.78 is 6.87. The number of hydrogen-bond donors (Lipinski definition) is 1. The number of aromatic nitrogens is 3. The molecule has 4 aromatic rings. The van der Waals surface area contributed by atoms with Gasteiger partial charge in [0.05, 0.1) is 18.7 Å². The van der Waals surface area contributed by atoms with Crippen molar-refractivity contribution in [3.63, 3.8) is 0 Å². The van der Waals surface area contributed by atoms with Gasteiger partial charge < -0.3 is 14.3 Å². The third-order valence-corrected chi connectivity index (χ3v) is 5.21. The van der Waals surface area contributed by atoms with Crippen molar-refractivity contribution in [3.8, 4) is 0 Å². The maximum absolute atomic E-state index is 12.9. The summed E-state index contributed by atoms with van der Waals surface area (Å²) in [4.78, 5) is 37.2. The zero-order valence-corrected chi connectivity index (χ0v) is 16.5. The number of rotatable bonds is 5. The number of amides is 1. The molecule has 3 heterocycles. The Morgan fingerprint density at radius 2 is 2.03 bits per heavy atom. The van der Waals surface area contributed by atoms with Crippen LogP contribution in [0.1, 0.15) is 33.3 Å². The normalized spacial score (nSPS) is 11.7. The van der Waals surface area contributed by atoms with E-state index >= 15 is 0 Å². The number of thiazole rings is 1. The van der Waals surface area contributed by atoms with Gasteiger partial charge in [0.2, 0.25) is 0 Å². The first kappa shape index (κ1) is 18.8. The largest absolute Gasteiger partial charge is 0.461 e.